The maximum absolute atomic E-state index is 12.5. The van der Waals surface area contributed by atoms with Gasteiger partial charge in [-0.05, 0) is 44.7 Å². The van der Waals surface area contributed by atoms with Gasteiger partial charge in [-0.3, -0.25) is 4.79 Å². The average Bonchev–Trinajstić information content (AvgIpc) is 3.34. The highest BCUT2D eigenvalue weighted by atomic mass is 32.2. The molecule has 116 valence electrons. The summed E-state index contributed by atoms with van der Waals surface area (Å²) >= 11 is 1.59. The molecule has 21 heavy (non-hydrogen) atoms. The quantitative estimate of drug-likeness (QED) is 0.429. The first-order valence-corrected chi connectivity index (χ1v) is 8.52. The molecule has 0 radical (unpaired) electrons. The number of rotatable bonds is 9. The van der Waals surface area contributed by atoms with Gasteiger partial charge in [0.1, 0.15) is 11.9 Å². The fraction of sp³-hybridized carbons (Fsp3) is 0.667. The molecule has 1 fully saturated rings. The van der Waals surface area contributed by atoms with Gasteiger partial charge in [0.2, 0.25) is 0 Å². The van der Waals surface area contributed by atoms with Crippen molar-refractivity contribution in [2.45, 2.75) is 43.7 Å². The molecule has 0 aliphatic heterocycles. The van der Waals surface area contributed by atoms with Gasteiger partial charge in [0.05, 0.1) is 11.6 Å². The molecule has 1 unspecified atom stereocenters. The second kappa shape index (κ2) is 7.75. The van der Waals surface area contributed by atoms with E-state index in [-0.39, 0.29) is 5.97 Å². The van der Waals surface area contributed by atoms with Crippen molar-refractivity contribution in [3.05, 3.63) is 18.6 Å². The number of carbonyl (C=O) groups excluding carboxylic acids is 1. The lowest BCUT2D eigenvalue weighted by Gasteiger charge is -2.32. The van der Waals surface area contributed by atoms with Crippen LogP contribution in [0.3, 0.4) is 0 Å². The number of carbonyl (C=O) groups is 1. The Kier molecular flexibility index (Phi) is 5.99. The molecule has 0 bridgehead atoms. The smallest absolute Gasteiger partial charge is 0.327 e. The molecule has 1 aromatic heterocycles. The van der Waals surface area contributed by atoms with Gasteiger partial charge < -0.3 is 10.1 Å². The van der Waals surface area contributed by atoms with Crippen molar-refractivity contribution in [1.29, 1.82) is 0 Å². The Morgan fingerprint density at radius 1 is 1.52 bits per heavy atom. The summed E-state index contributed by atoms with van der Waals surface area (Å²) in [6.07, 6.45) is 6.41. The van der Waals surface area contributed by atoms with Crippen LogP contribution in [0.5, 0.6) is 0 Å². The average molecular weight is 309 g/mol. The highest BCUT2D eigenvalue weighted by Gasteiger charge is 2.51. The van der Waals surface area contributed by atoms with Gasteiger partial charge in [0.25, 0.3) is 0 Å². The van der Waals surface area contributed by atoms with Gasteiger partial charge in [0.15, 0.2) is 0 Å². The van der Waals surface area contributed by atoms with E-state index in [1.54, 1.807) is 18.0 Å². The number of nitrogens with one attached hydrogen (secondary N) is 1. The fourth-order valence-corrected chi connectivity index (χ4v) is 3.46. The number of hydrogen-bond donors (Lipinski definition) is 1. The molecule has 1 aromatic rings. The molecule has 5 nitrogen and oxygen atoms in total. The van der Waals surface area contributed by atoms with Crippen LogP contribution in [0, 0.1) is 5.92 Å². The first kappa shape index (κ1) is 16.2. The van der Waals surface area contributed by atoms with Crippen molar-refractivity contribution < 1.29 is 9.53 Å². The lowest BCUT2D eigenvalue weighted by Crippen LogP contribution is -2.57. The maximum Gasteiger partial charge on any atom is 0.327 e. The molecule has 0 saturated heterocycles. The minimum atomic E-state index is -0.582. The third kappa shape index (κ3) is 4.17. The SMILES string of the molecule is CCCNC(CSc1ccncn1)(C(=O)OCC)C1CC1. The Morgan fingerprint density at radius 3 is 2.90 bits per heavy atom. The van der Waals surface area contributed by atoms with Crippen molar-refractivity contribution >= 4 is 17.7 Å². The fourth-order valence-electron chi connectivity index (χ4n) is 2.35. The Balaban J connectivity index is 2.11. The van der Waals surface area contributed by atoms with Gasteiger partial charge in [-0.1, -0.05) is 6.92 Å². The third-order valence-electron chi connectivity index (χ3n) is 3.61. The van der Waals surface area contributed by atoms with Crippen LogP contribution in [-0.2, 0) is 9.53 Å². The first-order valence-electron chi connectivity index (χ1n) is 7.54. The molecule has 1 N–H and O–H groups in total. The number of esters is 1. The molecule has 0 amide bonds. The zero-order valence-corrected chi connectivity index (χ0v) is 13.5. The Labute approximate surface area is 130 Å². The molecular weight excluding hydrogens is 286 g/mol. The number of hydrogen-bond acceptors (Lipinski definition) is 6. The van der Waals surface area contributed by atoms with Gasteiger partial charge in [-0.2, -0.15) is 0 Å². The number of nitrogens with zero attached hydrogens (tertiary/aromatic N) is 2. The summed E-state index contributed by atoms with van der Waals surface area (Å²) in [4.78, 5) is 20.7. The molecule has 6 heteroatoms. The van der Waals surface area contributed by atoms with Crippen molar-refractivity contribution in [2.75, 3.05) is 18.9 Å². The van der Waals surface area contributed by atoms with E-state index in [9.17, 15) is 4.79 Å². The lowest BCUT2D eigenvalue weighted by molar-refractivity contribution is -0.151. The maximum atomic E-state index is 12.5. The van der Waals surface area contributed by atoms with Crippen molar-refractivity contribution in [1.82, 2.24) is 15.3 Å². The molecule has 1 aliphatic carbocycles. The topological polar surface area (TPSA) is 64.1 Å². The summed E-state index contributed by atoms with van der Waals surface area (Å²) in [5.74, 6) is 0.896. The van der Waals surface area contributed by atoms with E-state index >= 15 is 0 Å². The van der Waals surface area contributed by atoms with E-state index in [0.29, 0.717) is 18.3 Å². The molecule has 0 aromatic carbocycles. The summed E-state index contributed by atoms with van der Waals surface area (Å²) in [6.45, 7) is 5.19. The first-order chi connectivity index (χ1) is 10.2. The van der Waals surface area contributed by atoms with Crippen molar-refractivity contribution in [3.63, 3.8) is 0 Å². The molecule has 1 saturated carbocycles. The van der Waals surface area contributed by atoms with Gasteiger partial charge >= 0.3 is 5.97 Å². The normalized spacial score (nSPS) is 17.2. The third-order valence-corrected chi connectivity index (χ3v) is 4.74. The van der Waals surface area contributed by atoms with E-state index in [1.807, 2.05) is 13.0 Å². The van der Waals surface area contributed by atoms with Crippen LogP contribution >= 0.6 is 11.8 Å². The molecule has 1 aliphatic rings. The second-order valence-electron chi connectivity index (χ2n) is 5.23. The number of aromatic nitrogens is 2. The Hall–Kier alpha value is -1.14. The monoisotopic (exact) mass is 309 g/mol. The molecule has 0 spiro atoms. The van der Waals surface area contributed by atoms with Crippen molar-refractivity contribution in [2.24, 2.45) is 5.92 Å². The van der Waals surface area contributed by atoms with Crippen LogP contribution in [0.1, 0.15) is 33.1 Å². The summed E-state index contributed by atoms with van der Waals surface area (Å²) < 4.78 is 5.35. The predicted molar refractivity (Wildman–Crippen MR) is 83.1 cm³/mol. The molecule has 2 rings (SSSR count). The summed E-state index contributed by atoms with van der Waals surface area (Å²) in [5.41, 5.74) is -0.582. The number of ether oxygens (including phenoxy) is 1. The van der Waals surface area contributed by atoms with E-state index in [4.69, 9.17) is 4.74 Å². The molecule has 1 atom stereocenters. The van der Waals surface area contributed by atoms with Crippen LogP contribution in [0.15, 0.2) is 23.6 Å². The van der Waals surface area contributed by atoms with Crippen molar-refractivity contribution in [3.8, 4) is 0 Å². The minimum absolute atomic E-state index is 0.123. The van der Waals surface area contributed by atoms with Crippen LogP contribution in [0.4, 0.5) is 0 Å². The highest BCUT2D eigenvalue weighted by molar-refractivity contribution is 7.99. The van der Waals surface area contributed by atoms with Crippen LogP contribution in [0.2, 0.25) is 0 Å². The second-order valence-corrected chi connectivity index (χ2v) is 6.22. The van der Waals surface area contributed by atoms with Gasteiger partial charge in [-0.25, -0.2) is 9.97 Å². The zero-order chi connectivity index (χ0) is 15.1. The van der Waals surface area contributed by atoms with Crippen LogP contribution in [0.25, 0.3) is 0 Å². The minimum Gasteiger partial charge on any atom is -0.465 e. The molecular formula is C15H23N3O2S. The Morgan fingerprint density at radius 2 is 2.33 bits per heavy atom. The highest BCUT2D eigenvalue weighted by Crippen LogP contribution is 2.43. The van der Waals surface area contributed by atoms with Crippen LogP contribution in [-0.4, -0.2) is 40.4 Å². The van der Waals surface area contributed by atoms with E-state index in [1.165, 1.54) is 6.33 Å². The summed E-state index contributed by atoms with van der Waals surface area (Å²) in [5, 5.41) is 4.35. The van der Waals surface area contributed by atoms with E-state index in [2.05, 4.69) is 22.2 Å². The summed E-state index contributed by atoms with van der Waals surface area (Å²) in [6, 6.07) is 1.87. The van der Waals surface area contributed by atoms with Crippen LogP contribution < -0.4 is 5.32 Å². The predicted octanol–water partition coefficient (Wildman–Crippen LogP) is 2.28. The number of thioether (sulfide) groups is 1. The Bertz CT molecular complexity index is 453. The van der Waals surface area contributed by atoms with Gasteiger partial charge in [-0.15, -0.1) is 11.8 Å². The molecule has 1 heterocycles. The summed E-state index contributed by atoms with van der Waals surface area (Å²) in [7, 11) is 0. The largest absolute Gasteiger partial charge is 0.465 e. The van der Waals surface area contributed by atoms with E-state index in [0.717, 1.165) is 30.8 Å². The van der Waals surface area contributed by atoms with E-state index < -0.39 is 5.54 Å². The lowest BCUT2D eigenvalue weighted by atomic mass is 9.95. The van der Waals surface area contributed by atoms with Gasteiger partial charge in [0, 0.05) is 11.9 Å². The zero-order valence-electron chi connectivity index (χ0n) is 12.7. The standard InChI is InChI=1S/C15H23N3O2S/c1-3-8-18-15(12-5-6-12,14(19)20-4-2)10-21-13-7-9-16-11-17-13/h7,9,11-12,18H,3-6,8,10H2,1-2H3.